The SMILES string of the molecule is Nc1c2c(nc3ccc(F)cc13)CCCC2O. The number of rotatable bonds is 0. The van der Waals surface area contributed by atoms with Crippen LogP contribution in [-0.2, 0) is 6.42 Å². The Kier molecular flexibility index (Phi) is 2.26. The van der Waals surface area contributed by atoms with E-state index in [0.29, 0.717) is 28.6 Å². The summed E-state index contributed by atoms with van der Waals surface area (Å²) in [7, 11) is 0. The highest BCUT2D eigenvalue weighted by Crippen LogP contribution is 2.36. The Morgan fingerprint density at radius 3 is 3.06 bits per heavy atom. The molecule has 0 bridgehead atoms. The average molecular weight is 232 g/mol. The zero-order valence-corrected chi connectivity index (χ0v) is 9.28. The molecule has 1 aromatic carbocycles. The van der Waals surface area contributed by atoms with Gasteiger partial charge in [0.25, 0.3) is 0 Å². The summed E-state index contributed by atoms with van der Waals surface area (Å²) in [6.45, 7) is 0. The second kappa shape index (κ2) is 3.67. The third-order valence-corrected chi connectivity index (χ3v) is 3.33. The third-order valence-electron chi connectivity index (χ3n) is 3.33. The van der Waals surface area contributed by atoms with Crippen LogP contribution in [0, 0.1) is 5.82 Å². The van der Waals surface area contributed by atoms with Crippen LogP contribution in [0.2, 0.25) is 0 Å². The highest BCUT2D eigenvalue weighted by molar-refractivity contribution is 5.92. The molecule has 0 saturated carbocycles. The minimum absolute atomic E-state index is 0.337. The Morgan fingerprint density at radius 2 is 2.24 bits per heavy atom. The van der Waals surface area contributed by atoms with Crippen molar-refractivity contribution in [3.8, 4) is 0 Å². The molecular formula is C13H13FN2O. The number of nitrogens with two attached hydrogens (primary N) is 1. The maximum atomic E-state index is 13.2. The summed E-state index contributed by atoms with van der Waals surface area (Å²) in [6.07, 6.45) is 1.86. The van der Waals surface area contributed by atoms with Crippen LogP contribution in [0.25, 0.3) is 10.9 Å². The standard InChI is InChI=1S/C13H13FN2O/c14-7-4-5-9-8(6-7)13(15)12-10(16-9)2-1-3-11(12)17/h4-6,11,17H,1-3H2,(H2,15,16). The smallest absolute Gasteiger partial charge is 0.124 e. The lowest BCUT2D eigenvalue weighted by Crippen LogP contribution is -2.14. The lowest BCUT2D eigenvalue weighted by Gasteiger charge is -2.23. The van der Waals surface area contributed by atoms with E-state index in [2.05, 4.69) is 4.98 Å². The molecule has 4 heteroatoms. The van der Waals surface area contributed by atoms with E-state index in [1.54, 1.807) is 6.07 Å². The predicted molar refractivity (Wildman–Crippen MR) is 64.0 cm³/mol. The number of anilines is 1. The summed E-state index contributed by atoms with van der Waals surface area (Å²) in [5.41, 5.74) is 8.73. The molecule has 1 aromatic heterocycles. The molecule has 0 fully saturated rings. The molecule has 1 aliphatic carbocycles. The molecule has 2 aromatic rings. The summed E-state index contributed by atoms with van der Waals surface area (Å²) in [5.74, 6) is -0.337. The van der Waals surface area contributed by atoms with Gasteiger partial charge < -0.3 is 10.8 Å². The fourth-order valence-electron chi connectivity index (χ4n) is 2.50. The number of aryl methyl sites for hydroxylation is 1. The summed E-state index contributed by atoms with van der Waals surface area (Å²) < 4.78 is 13.2. The first kappa shape index (κ1) is 10.5. The van der Waals surface area contributed by atoms with Crippen LogP contribution in [0.15, 0.2) is 18.2 Å². The van der Waals surface area contributed by atoms with Gasteiger partial charge in [-0.1, -0.05) is 0 Å². The molecule has 0 saturated heterocycles. The topological polar surface area (TPSA) is 59.1 Å². The number of pyridine rings is 1. The van der Waals surface area contributed by atoms with Crippen LogP contribution in [0.5, 0.6) is 0 Å². The predicted octanol–water partition coefficient (Wildman–Crippen LogP) is 2.33. The molecule has 3 N–H and O–H groups in total. The van der Waals surface area contributed by atoms with Crippen molar-refractivity contribution >= 4 is 16.6 Å². The molecule has 1 atom stereocenters. The zero-order chi connectivity index (χ0) is 12.0. The Balaban J connectivity index is 2.36. The summed E-state index contributed by atoms with van der Waals surface area (Å²) in [4.78, 5) is 4.46. The second-order valence-corrected chi connectivity index (χ2v) is 4.46. The van der Waals surface area contributed by atoms with Gasteiger partial charge in [0, 0.05) is 22.3 Å². The first-order chi connectivity index (χ1) is 8.16. The number of halogens is 1. The van der Waals surface area contributed by atoms with E-state index in [1.807, 2.05) is 0 Å². The molecule has 17 heavy (non-hydrogen) atoms. The average Bonchev–Trinajstić information content (AvgIpc) is 2.30. The largest absolute Gasteiger partial charge is 0.398 e. The van der Waals surface area contributed by atoms with Crippen molar-refractivity contribution in [1.82, 2.24) is 4.98 Å². The third kappa shape index (κ3) is 1.56. The van der Waals surface area contributed by atoms with E-state index in [1.165, 1.54) is 12.1 Å². The Morgan fingerprint density at radius 1 is 1.41 bits per heavy atom. The summed E-state index contributed by atoms with van der Waals surface area (Å²) in [5, 5.41) is 10.5. The molecule has 1 aliphatic rings. The van der Waals surface area contributed by atoms with E-state index in [-0.39, 0.29) is 5.82 Å². The molecule has 0 radical (unpaired) electrons. The Labute approximate surface area is 98.1 Å². The summed E-state index contributed by atoms with van der Waals surface area (Å²) >= 11 is 0. The maximum Gasteiger partial charge on any atom is 0.124 e. The van der Waals surface area contributed by atoms with E-state index in [9.17, 15) is 9.50 Å². The van der Waals surface area contributed by atoms with Crippen molar-refractivity contribution < 1.29 is 9.50 Å². The van der Waals surface area contributed by atoms with Crippen molar-refractivity contribution in [2.75, 3.05) is 5.73 Å². The normalized spacial score (nSPS) is 19.3. The van der Waals surface area contributed by atoms with Crippen molar-refractivity contribution in [3.63, 3.8) is 0 Å². The molecular weight excluding hydrogens is 219 g/mol. The second-order valence-electron chi connectivity index (χ2n) is 4.46. The fraction of sp³-hybridized carbons (Fsp3) is 0.308. The quantitative estimate of drug-likeness (QED) is 0.732. The van der Waals surface area contributed by atoms with E-state index < -0.39 is 6.10 Å². The monoisotopic (exact) mass is 232 g/mol. The minimum Gasteiger partial charge on any atom is -0.398 e. The van der Waals surface area contributed by atoms with Gasteiger partial charge in [0.2, 0.25) is 0 Å². The van der Waals surface area contributed by atoms with Gasteiger partial charge in [-0.25, -0.2) is 4.39 Å². The highest BCUT2D eigenvalue weighted by atomic mass is 19.1. The number of aromatic nitrogens is 1. The molecule has 88 valence electrons. The molecule has 3 rings (SSSR count). The zero-order valence-electron chi connectivity index (χ0n) is 9.28. The van der Waals surface area contributed by atoms with Gasteiger partial charge in [-0.15, -0.1) is 0 Å². The molecule has 0 spiro atoms. The van der Waals surface area contributed by atoms with Crippen molar-refractivity contribution in [1.29, 1.82) is 0 Å². The Hall–Kier alpha value is -1.68. The number of aliphatic hydroxyl groups excluding tert-OH is 1. The van der Waals surface area contributed by atoms with Crippen LogP contribution >= 0.6 is 0 Å². The van der Waals surface area contributed by atoms with Crippen molar-refractivity contribution in [2.24, 2.45) is 0 Å². The molecule has 0 aliphatic heterocycles. The van der Waals surface area contributed by atoms with Crippen molar-refractivity contribution in [2.45, 2.75) is 25.4 Å². The number of fused-ring (bicyclic) bond motifs is 2. The van der Waals surface area contributed by atoms with Gasteiger partial charge >= 0.3 is 0 Å². The van der Waals surface area contributed by atoms with Crippen LogP contribution in [0.3, 0.4) is 0 Å². The number of aliphatic hydroxyl groups is 1. The van der Waals surface area contributed by atoms with Gasteiger partial charge in [-0.05, 0) is 37.5 Å². The molecule has 1 unspecified atom stereocenters. The molecule has 1 heterocycles. The number of benzene rings is 1. The van der Waals surface area contributed by atoms with E-state index in [0.717, 1.165) is 18.5 Å². The summed E-state index contributed by atoms with van der Waals surface area (Å²) in [6, 6.07) is 4.38. The van der Waals surface area contributed by atoms with Gasteiger partial charge in [0.1, 0.15) is 5.82 Å². The van der Waals surface area contributed by atoms with Gasteiger partial charge in [-0.3, -0.25) is 4.98 Å². The van der Waals surface area contributed by atoms with Crippen LogP contribution in [-0.4, -0.2) is 10.1 Å². The van der Waals surface area contributed by atoms with Crippen LogP contribution in [0.1, 0.15) is 30.2 Å². The number of hydrogen-bond acceptors (Lipinski definition) is 3. The number of nitrogens with zero attached hydrogens (tertiary/aromatic N) is 1. The number of hydrogen-bond donors (Lipinski definition) is 2. The fourth-order valence-corrected chi connectivity index (χ4v) is 2.50. The van der Waals surface area contributed by atoms with Gasteiger partial charge in [-0.2, -0.15) is 0 Å². The lowest BCUT2D eigenvalue weighted by molar-refractivity contribution is 0.156. The number of nitrogen functional groups attached to an aromatic ring is 1. The Bertz CT molecular complexity index is 597. The van der Waals surface area contributed by atoms with Gasteiger partial charge in [0.05, 0.1) is 11.6 Å². The maximum absolute atomic E-state index is 13.2. The van der Waals surface area contributed by atoms with Crippen LogP contribution in [0.4, 0.5) is 10.1 Å². The lowest BCUT2D eigenvalue weighted by atomic mass is 9.90. The molecule has 3 nitrogen and oxygen atoms in total. The van der Waals surface area contributed by atoms with E-state index in [4.69, 9.17) is 5.73 Å². The van der Waals surface area contributed by atoms with Crippen molar-refractivity contribution in [3.05, 3.63) is 35.3 Å². The first-order valence-corrected chi connectivity index (χ1v) is 5.72. The minimum atomic E-state index is -0.570. The van der Waals surface area contributed by atoms with Gasteiger partial charge in [0.15, 0.2) is 0 Å². The molecule has 0 amide bonds. The van der Waals surface area contributed by atoms with E-state index >= 15 is 0 Å². The highest BCUT2D eigenvalue weighted by Gasteiger charge is 2.23. The first-order valence-electron chi connectivity index (χ1n) is 5.72. The van der Waals surface area contributed by atoms with Crippen LogP contribution < -0.4 is 5.73 Å².